The van der Waals surface area contributed by atoms with E-state index < -0.39 is 0 Å². The number of hydrogen-bond acceptors (Lipinski definition) is 10. The molecular weight excluding hydrogens is 570 g/mol. The Morgan fingerprint density at radius 3 is 2.80 bits per heavy atom. The van der Waals surface area contributed by atoms with E-state index in [1.165, 1.54) is 22.9 Å². The molecule has 45 heavy (non-hydrogen) atoms. The van der Waals surface area contributed by atoms with Crippen LogP contribution >= 0.6 is 0 Å². The van der Waals surface area contributed by atoms with Gasteiger partial charge in [-0.1, -0.05) is 6.58 Å². The van der Waals surface area contributed by atoms with Gasteiger partial charge in [0.1, 0.15) is 12.4 Å². The molecule has 1 amide bonds. The second-order valence-electron chi connectivity index (χ2n) is 13.0. The predicted octanol–water partition coefficient (Wildman–Crippen LogP) is 3.00. The van der Waals surface area contributed by atoms with Gasteiger partial charge in [0.15, 0.2) is 0 Å². The first-order chi connectivity index (χ1) is 21.7. The van der Waals surface area contributed by atoms with E-state index in [2.05, 4.69) is 71.6 Å². The molecule has 0 spiro atoms. The third kappa shape index (κ3) is 6.07. The Balaban J connectivity index is 1.38. The van der Waals surface area contributed by atoms with Crippen molar-refractivity contribution < 1.29 is 14.3 Å². The van der Waals surface area contributed by atoms with Crippen LogP contribution in [-0.4, -0.2) is 109 Å². The standard InChI is InChI=1S/C33H43N9O3/c1-6-29(43)42-13-12-41(16-24(42)9-10-34)31-25-8-7-11-40(30-23(3)22(2)14-27-26(30)15-35-38-27)17-28(25)36-32(37-31)45-21-33(18-39(4)5)19-44-20-33/h6,14-15,24H,1,7-9,11-13,16-21H2,2-5H3,(H,35,38)/t24-/m0/s1. The van der Waals surface area contributed by atoms with Crippen LogP contribution in [0.2, 0.25) is 0 Å². The van der Waals surface area contributed by atoms with Crippen LogP contribution in [0.25, 0.3) is 10.9 Å². The highest BCUT2D eigenvalue weighted by Gasteiger charge is 2.41. The van der Waals surface area contributed by atoms with E-state index in [0.717, 1.165) is 53.9 Å². The van der Waals surface area contributed by atoms with Crippen LogP contribution in [0.5, 0.6) is 6.01 Å². The number of piperazine rings is 1. The van der Waals surface area contributed by atoms with Gasteiger partial charge in [-0.15, -0.1) is 0 Å². The van der Waals surface area contributed by atoms with Crippen LogP contribution in [0.3, 0.4) is 0 Å². The van der Waals surface area contributed by atoms with Crippen molar-refractivity contribution in [2.24, 2.45) is 5.41 Å². The maximum Gasteiger partial charge on any atom is 0.318 e. The number of aromatic amines is 1. The van der Waals surface area contributed by atoms with Crippen molar-refractivity contribution in [2.45, 2.75) is 45.7 Å². The van der Waals surface area contributed by atoms with Gasteiger partial charge in [-0.05, 0) is 64.1 Å². The highest BCUT2D eigenvalue weighted by molar-refractivity contribution is 5.94. The molecule has 3 aliphatic heterocycles. The van der Waals surface area contributed by atoms with E-state index in [1.807, 2.05) is 6.20 Å². The van der Waals surface area contributed by atoms with Crippen LogP contribution in [0, 0.1) is 30.6 Å². The normalized spacial score (nSPS) is 19.6. The molecule has 3 aromatic rings. The molecule has 238 valence electrons. The highest BCUT2D eigenvalue weighted by Crippen LogP contribution is 2.37. The molecule has 5 heterocycles. The number of anilines is 2. The van der Waals surface area contributed by atoms with Gasteiger partial charge >= 0.3 is 6.01 Å². The maximum atomic E-state index is 12.6. The van der Waals surface area contributed by atoms with Gasteiger partial charge < -0.3 is 29.1 Å². The van der Waals surface area contributed by atoms with Crippen molar-refractivity contribution >= 4 is 28.3 Å². The molecule has 0 aliphatic carbocycles. The van der Waals surface area contributed by atoms with Crippen LogP contribution in [0.1, 0.15) is 35.2 Å². The lowest BCUT2D eigenvalue weighted by molar-refractivity contribution is -0.140. The molecule has 0 unspecified atom stereocenters. The molecule has 2 saturated heterocycles. The van der Waals surface area contributed by atoms with Crippen LogP contribution < -0.4 is 14.5 Å². The summed E-state index contributed by atoms with van der Waals surface area (Å²) in [5.74, 6) is 0.690. The minimum atomic E-state index is -0.258. The third-order valence-electron chi connectivity index (χ3n) is 9.34. The molecule has 1 atom stereocenters. The van der Waals surface area contributed by atoms with Gasteiger partial charge in [-0.2, -0.15) is 20.3 Å². The number of fused-ring (bicyclic) bond motifs is 2. The van der Waals surface area contributed by atoms with Crippen molar-refractivity contribution in [2.75, 3.05) is 76.4 Å². The van der Waals surface area contributed by atoms with E-state index in [9.17, 15) is 10.1 Å². The molecule has 2 aromatic heterocycles. The van der Waals surface area contributed by atoms with Crippen LogP contribution in [-0.2, 0) is 22.5 Å². The number of carbonyl (C=O) groups is 1. The van der Waals surface area contributed by atoms with E-state index >= 15 is 0 Å². The van der Waals surface area contributed by atoms with Crippen LogP contribution in [0.15, 0.2) is 24.9 Å². The van der Waals surface area contributed by atoms with Gasteiger partial charge in [-0.3, -0.25) is 9.89 Å². The average molecular weight is 614 g/mol. The number of nitrogens with zero attached hydrogens (tertiary/aromatic N) is 8. The fourth-order valence-corrected chi connectivity index (χ4v) is 7.06. The number of benzene rings is 1. The average Bonchev–Trinajstić information content (AvgIpc) is 3.35. The Bertz CT molecular complexity index is 1620. The van der Waals surface area contributed by atoms with E-state index in [0.29, 0.717) is 52.0 Å². The molecule has 12 nitrogen and oxygen atoms in total. The fourth-order valence-electron chi connectivity index (χ4n) is 7.06. The number of aromatic nitrogens is 4. The zero-order valence-corrected chi connectivity index (χ0v) is 26.8. The number of hydrogen-bond donors (Lipinski definition) is 1. The number of nitrogens with one attached hydrogen (secondary N) is 1. The minimum absolute atomic E-state index is 0.105. The second-order valence-corrected chi connectivity index (χ2v) is 13.0. The first-order valence-electron chi connectivity index (χ1n) is 15.7. The molecule has 12 heteroatoms. The summed E-state index contributed by atoms with van der Waals surface area (Å²) < 4.78 is 12.0. The largest absolute Gasteiger partial charge is 0.463 e. The van der Waals surface area contributed by atoms with Gasteiger partial charge in [0.25, 0.3) is 0 Å². The quantitative estimate of drug-likeness (QED) is 0.360. The SMILES string of the molecule is C=CC(=O)N1CCN(c2nc(OCC3(CN(C)C)COC3)nc3c2CCCN(c2c(C)c(C)cc4[nH]ncc24)C3)C[C@@H]1CC#N. The van der Waals surface area contributed by atoms with Crippen molar-refractivity contribution in [3.63, 3.8) is 0 Å². The van der Waals surface area contributed by atoms with E-state index in [4.69, 9.17) is 19.4 Å². The second kappa shape index (κ2) is 12.7. The Kier molecular flexibility index (Phi) is 8.66. The van der Waals surface area contributed by atoms with Gasteiger partial charge in [0.2, 0.25) is 5.91 Å². The van der Waals surface area contributed by atoms with Gasteiger partial charge in [0.05, 0.1) is 66.8 Å². The fraction of sp³-hybridized carbons (Fsp3) is 0.545. The van der Waals surface area contributed by atoms with E-state index in [1.54, 1.807) is 4.90 Å². The summed E-state index contributed by atoms with van der Waals surface area (Å²) in [6.07, 6.45) is 5.22. The number of carbonyl (C=O) groups excluding carboxylic acids is 1. The Labute approximate surface area is 264 Å². The van der Waals surface area contributed by atoms with Crippen molar-refractivity contribution in [3.8, 4) is 12.1 Å². The zero-order chi connectivity index (χ0) is 31.7. The molecule has 0 bridgehead atoms. The lowest BCUT2D eigenvalue weighted by Gasteiger charge is -2.42. The number of aryl methyl sites for hydroxylation is 1. The number of H-pyrrole nitrogens is 1. The Hall–Kier alpha value is -4.21. The Morgan fingerprint density at radius 2 is 2.09 bits per heavy atom. The molecule has 2 fully saturated rings. The molecular formula is C33H43N9O3. The number of amides is 1. The highest BCUT2D eigenvalue weighted by atomic mass is 16.5. The number of ether oxygens (including phenoxy) is 2. The zero-order valence-electron chi connectivity index (χ0n) is 26.8. The molecule has 0 saturated carbocycles. The van der Waals surface area contributed by atoms with Gasteiger partial charge in [-0.25, -0.2) is 0 Å². The van der Waals surface area contributed by atoms with Crippen molar-refractivity contribution in [3.05, 3.63) is 47.3 Å². The first-order valence-corrected chi connectivity index (χ1v) is 15.7. The summed E-state index contributed by atoms with van der Waals surface area (Å²) in [5.41, 5.74) is 6.59. The van der Waals surface area contributed by atoms with Gasteiger partial charge in [0, 0.05) is 43.7 Å². The lowest BCUT2D eigenvalue weighted by atomic mass is 9.86. The Morgan fingerprint density at radius 1 is 1.27 bits per heavy atom. The number of nitriles is 1. The number of rotatable bonds is 9. The lowest BCUT2D eigenvalue weighted by Crippen LogP contribution is -2.55. The molecule has 1 aromatic carbocycles. The smallest absolute Gasteiger partial charge is 0.318 e. The first kappa shape index (κ1) is 30.8. The third-order valence-corrected chi connectivity index (χ3v) is 9.34. The molecule has 6 rings (SSSR count). The molecule has 3 aliphatic rings. The summed E-state index contributed by atoms with van der Waals surface area (Å²) >= 11 is 0. The summed E-state index contributed by atoms with van der Waals surface area (Å²) in [5, 5.41) is 18.2. The van der Waals surface area contributed by atoms with Crippen LogP contribution in [0.4, 0.5) is 11.5 Å². The summed E-state index contributed by atoms with van der Waals surface area (Å²) in [6.45, 7) is 13.6. The monoisotopic (exact) mass is 613 g/mol. The molecule has 0 radical (unpaired) electrons. The summed E-state index contributed by atoms with van der Waals surface area (Å²) in [6, 6.07) is 4.52. The minimum Gasteiger partial charge on any atom is -0.463 e. The summed E-state index contributed by atoms with van der Waals surface area (Å²) in [7, 11) is 4.12. The predicted molar refractivity (Wildman–Crippen MR) is 172 cm³/mol. The molecule has 1 N–H and O–H groups in total. The maximum absolute atomic E-state index is 12.6. The van der Waals surface area contributed by atoms with Crippen molar-refractivity contribution in [1.29, 1.82) is 5.26 Å². The summed E-state index contributed by atoms with van der Waals surface area (Å²) in [4.78, 5) is 31.3. The van der Waals surface area contributed by atoms with E-state index in [-0.39, 0.29) is 23.8 Å². The van der Waals surface area contributed by atoms with Crippen molar-refractivity contribution in [1.82, 2.24) is 30.0 Å². The topological polar surface area (TPSA) is 127 Å².